The van der Waals surface area contributed by atoms with Crippen molar-refractivity contribution in [3.63, 3.8) is 0 Å². The van der Waals surface area contributed by atoms with Crippen LogP contribution in [0.2, 0.25) is 5.02 Å². The maximum atomic E-state index is 13.0. The van der Waals surface area contributed by atoms with Gasteiger partial charge in [0.1, 0.15) is 22.1 Å². The Morgan fingerprint density at radius 2 is 1.87 bits per heavy atom. The Morgan fingerprint density at radius 1 is 1.10 bits per heavy atom. The van der Waals surface area contributed by atoms with Crippen LogP contribution in [0.3, 0.4) is 0 Å². The van der Waals surface area contributed by atoms with E-state index in [-0.39, 0.29) is 17.2 Å². The predicted molar refractivity (Wildman–Crippen MR) is 154 cm³/mol. The minimum atomic E-state index is -0.546. The van der Waals surface area contributed by atoms with Crippen LogP contribution in [0.4, 0.5) is 5.00 Å². The number of esters is 1. The van der Waals surface area contributed by atoms with E-state index in [0.717, 1.165) is 5.56 Å². The molecule has 0 aliphatic carbocycles. The molecule has 0 unspecified atom stereocenters. The lowest BCUT2D eigenvalue weighted by Gasteiger charge is -2.11. The number of amides is 1. The van der Waals surface area contributed by atoms with Crippen molar-refractivity contribution in [2.75, 3.05) is 32.4 Å². The lowest BCUT2D eigenvalue weighted by atomic mass is 10.0. The Morgan fingerprint density at radius 3 is 2.54 bits per heavy atom. The number of methoxy groups -OCH3 is 3. The topological polar surface area (TPSA) is 105 Å². The van der Waals surface area contributed by atoms with Gasteiger partial charge in [0.15, 0.2) is 11.0 Å². The lowest BCUT2D eigenvalue weighted by molar-refractivity contribution is -0.113. The molecule has 4 rings (SSSR count). The van der Waals surface area contributed by atoms with Gasteiger partial charge in [-0.05, 0) is 35.9 Å². The van der Waals surface area contributed by atoms with Crippen molar-refractivity contribution in [1.29, 1.82) is 0 Å². The largest absolute Gasteiger partial charge is 0.497 e. The fourth-order valence-corrected chi connectivity index (χ4v) is 5.67. The number of ether oxygens (including phenoxy) is 3. The van der Waals surface area contributed by atoms with Gasteiger partial charge in [-0.3, -0.25) is 9.36 Å². The van der Waals surface area contributed by atoms with E-state index in [1.165, 1.54) is 30.2 Å². The van der Waals surface area contributed by atoms with Gasteiger partial charge in [0.05, 0.1) is 32.6 Å². The molecule has 2 aromatic heterocycles. The molecule has 0 saturated carbocycles. The number of carbonyl (C=O) groups excluding carboxylic acids is 2. The van der Waals surface area contributed by atoms with Gasteiger partial charge in [0, 0.05) is 22.5 Å². The molecule has 0 aliphatic rings. The molecule has 12 heteroatoms. The quantitative estimate of drug-likeness (QED) is 0.129. The average Bonchev–Trinajstić information content (AvgIpc) is 3.55. The van der Waals surface area contributed by atoms with Crippen LogP contribution in [0.5, 0.6) is 11.5 Å². The van der Waals surface area contributed by atoms with E-state index in [9.17, 15) is 9.59 Å². The van der Waals surface area contributed by atoms with E-state index in [1.807, 2.05) is 22.1 Å². The molecule has 1 N–H and O–H groups in total. The first-order valence-electron chi connectivity index (χ1n) is 11.5. The molecule has 0 spiro atoms. The highest BCUT2D eigenvalue weighted by molar-refractivity contribution is 7.99. The second-order valence-corrected chi connectivity index (χ2v) is 10.2. The summed E-state index contributed by atoms with van der Waals surface area (Å²) in [6, 6.07) is 12.5. The molecule has 0 fully saturated rings. The summed E-state index contributed by atoms with van der Waals surface area (Å²) in [6.45, 7) is 4.23. The van der Waals surface area contributed by atoms with Gasteiger partial charge in [-0.15, -0.1) is 28.1 Å². The lowest BCUT2D eigenvalue weighted by Crippen LogP contribution is -2.16. The number of thiophene rings is 1. The molecular weight excluding hydrogens is 560 g/mol. The number of nitrogens with zero attached hydrogens (tertiary/aromatic N) is 3. The van der Waals surface area contributed by atoms with Crippen molar-refractivity contribution in [2.24, 2.45) is 0 Å². The molecular formula is C27H25ClN4O5S2. The molecule has 2 aromatic carbocycles. The highest BCUT2D eigenvalue weighted by atomic mass is 35.5. The second-order valence-electron chi connectivity index (χ2n) is 7.96. The number of aromatic nitrogens is 3. The molecule has 1 amide bonds. The van der Waals surface area contributed by atoms with Gasteiger partial charge >= 0.3 is 5.97 Å². The Kier molecular flexibility index (Phi) is 9.28. The number of thioether (sulfide) groups is 1. The summed E-state index contributed by atoms with van der Waals surface area (Å²) in [6.07, 6.45) is 1.71. The third kappa shape index (κ3) is 6.27. The van der Waals surface area contributed by atoms with Crippen molar-refractivity contribution < 1.29 is 23.8 Å². The van der Waals surface area contributed by atoms with E-state index < -0.39 is 5.97 Å². The number of anilines is 1. The van der Waals surface area contributed by atoms with E-state index in [1.54, 1.807) is 50.6 Å². The molecule has 0 atom stereocenters. The number of benzene rings is 2. The average molecular weight is 585 g/mol. The van der Waals surface area contributed by atoms with Gasteiger partial charge in [-0.25, -0.2) is 4.79 Å². The maximum absolute atomic E-state index is 13.0. The van der Waals surface area contributed by atoms with Crippen LogP contribution < -0.4 is 14.8 Å². The van der Waals surface area contributed by atoms with Crippen LogP contribution in [0.1, 0.15) is 10.4 Å². The highest BCUT2D eigenvalue weighted by Crippen LogP contribution is 2.37. The molecule has 39 heavy (non-hydrogen) atoms. The van der Waals surface area contributed by atoms with Crippen LogP contribution in [0.15, 0.2) is 65.7 Å². The Labute approximate surface area is 238 Å². The summed E-state index contributed by atoms with van der Waals surface area (Å²) < 4.78 is 17.5. The summed E-state index contributed by atoms with van der Waals surface area (Å²) in [5, 5.41) is 14.7. The normalized spacial score (nSPS) is 10.7. The number of hydrogen-bond acceptors (Lipinski definition) is 9. The van der Waals surface area contributed by atoms with Crippen LogP contribution in [0, 0.1) is 0 Å². The monoisotopic (exact) mass is 584 g/mol. The minimum absolute atomic E-state index is 0.0261. The molecule has 0 aliphatic heterocycles. The fourth-order valence-electron chi connectivity index (χ4n) is 3.77. The first-order chi connectivity index (χ1) is 18.9. The van der Waals surface area contributed by atoms with Crippen molar-refractivity contribution in [3.05, 3.63) is 71.1 Å². The number of nitrogens with one attached hydrogen (secondary N) is 1. The summed E-state index contributed by atoms with van der Waals surface area (Å²) in [7, 11) is 4.45. The smallest absolute Gasteiger partial charge is 0.341 e. The predicted octanol–water partition coefficient (Wildman–Crippen LogP) is 6.05. The van der Waals surface area contributed by atoms with Crippen molar-refractivity contribution in [3.8, 4) is 34.0 Å². The van der Waals surface area contributed by atoms with E-state index in [2.05, 4.69) is 22.1 Å². The van der Waals surface area contributed by atoms with E-state index >= 15 is 0 Å². The first kappa shape index (κ1) is 28.2. The van der Waals surface area contributed by atoms with Gasteiger partial charge in [0.2, 0.25) is 5.91 Å². The number of halogens is 1. The third-order valence-electron chi connectivity index (χ3n) is 5.60. The van der Waals surface area contributed by atoms with E-state index in [4.69, 9.17) is 25.8 Å². The first-order valence-corrected chi connectivity index (χ1v) is 13.8. The van der Waals surface area contributed by atoms with Gasteiger partial charge in [0.25, 0.3) is 0 Å². The summed E-state index contributed by atoms with van der Waals surface area (Å²) >= 11 is 8.66. The highest BCUT2D eigenvalue weighted by Gasteiger charge is 2.23. The summed E-state index contributed by atoms with van der Waals surface area (Å²) in [4.78, 5) is 25.6. The molecule has 9 nitrogen and oxygen atoms in total. The van der Waals surface area contributed by atoms with E-state index in [0.29, 0.717) is 50.2 Å². The number of hydrogen-bond donors (Lipinski definition) is 1. The van der Waals surface area contributed by atoms with Crippen LogP contribution >= 0.6 is 34.7 Å². The zero-order valence-electron chi connectivity index (χ0n) is 21.4. The zero-order chi connectivity index (χ0) is 27.9. The maximum Gasteiger partial charge on any atom is 0.341 e. The molecule has 0 bridgehead atoms. The number of allylic oxidation sites excluding steroid dienone is 1. The molecule has 4 aromatic rings. The van der Waals surface area contributed by atoms with Crippen LogP contribution in [-0.4, -0.2) is 53.7 Å². The van der Waals surface area contributed by atoms with Gasteiger partial charge in [-0.2, -0.15) is 0 Å². The molecule has 2 heterocycles. The van der Waals surface area contributed by atoms with Crippen molar-refractivity contribution >= 4 is 51.6 Å². The SMILES string of the molecule is C=CCn1c(SCC(=O)Nc2scc(-c3ccc(OC)cc3)c2C(=O)OC)nnc1-c1cc(Cl)ccc1OC. The minimum Gasteiger partial charge on any atom is -0.497 e. The van der Waals surface area contributed by atoms with Crippen molar-refractivity contribution in [2.45, 2.75) is 11.7 Å². The van der Waals surface area contributed by atoms with Gasteiger partial charge < -0.3 is 19.5 Å². The Hall–Kier alpha value is -3.80. The third-order valence-corrected chi connectivity index (χ3v) is 7.70. The van der Waals surface area contributed by atoms with Crippen LogP contribution in [-0.2, 0) is 16.1 Å². The molecule has 202 valence electrons. The second kappa shape index (κ2) is 12.8. The standard InChI is InChI=1S/C27H25ClN4O5S2/c1-5-12-32-24(19-13-17(28)8-11-21(19)36-3)30-31-27(32)39-15-22(33)29-25-23(26(34)37-4)20(14-38-25)16-6-9-18(35-2)10-7-16/h5-11,13-14H,1,12,15H2,2-4H3,(H,29,33). The summed E-state index contributed by atoms with van der Waals surface area (Å²) in [5.41, 5.74) is 2.41. The zero-order valence-corrected chi connectivity index (χ0v) is 23.8. The summed E-state index contributed by atoms with van der Waals surface area (Å²) in [5.74, 6) is 0.984. The molecule has 0 radical (unpaired) electrons. The Bertz CT molecular complexity index is 1500. The van der Waals surface area contributed by atoms with Crippen LogP contribution in [0.25, 0.3) is 22.5 Å². The van der Waals surface area contributed by atoms with Gasteiger partial charge in [-0.1, -0.05) is 41.6 Å². The number of rotatable bonds is 11. The fraction of sp³-hybridized carbons (Fsp3) is 0.185. The number of carbonyl (C=O) groups is 2. The van der Waals surface area contributed by atoms with Crippen molar-refractivity contribution in [1.82, 2.24) is 14.8 Å². The molecule has 0 saturated heterocycles. The Balaban J connectivity index is 1.54.